The van der Waals surface area contributed by atoms with Crippen molar-refractivity contribution >= 4 is 17.2 Å². The minimum atomic E-state index is -1.73. The minimum absolute atomic E-state index is 0.00236. The van der Waals surface area contributed by atoms with Gasteiger partial charge in [-0.05, 0) is 45.3 Å². The number of rotatable bonds is 2. The van der Waals surface area contributed by atoms with Gasteiger partial charge in [-0.2, -0.15) is 5.26 Å². The quantitative estimate of drug-likeness (QED) is 0.753. The summed E-state index contributed by atoms with van der Waals surface area (Å²) in [4.78, 5) is 29.6. The Balaban J connectivity index is 2.02. The van der Waals surface area contributed by atoms with Crippen molar-refractivity contribution in [2.45, 2.75) is 58.4 Å². The number of hydrogen-bond donors (Lipinski definition) is 1. The highest BCUT2D eigenvalue weighted by atomic mass is 16.5. The smallest absolute Gasteiger partial charge is 0.344 e. The molecule has 0 aliphatic carbocycles. The highest BCUT2D eigenvalue weighted by Gasteiger charge is 2.64. The predicted molar refractivity (Wildman–Crippen MR) is 124 cm³/mol. The summed E-state index contributed by atoms with van der Waals surface area (Å²) in [6, 6.07) is 7.58. The molecule has 0 saturated carbocycles. The zero-order valence-electron chi connectivity index (χ0n) is 19.3. The van der Waals surface area contributed by atoms with Crippen molar-refractivity contribution < 1.29 is 13.9 Å². The molecular formula is C26H25N3O4. The zero-order valence-corrected chi connectivity index (χ0v) is 19.3. The third-order valence-corrected chi connectivity index (χ3v) is 7.21. The lowest BCUT2D eigenvalue weighted by atomic mass is 9.68. The van der Waals surface area contributed by atoms with E-state index in [-0.39, 0.29) is 28.7 Å². The van der Waals surface area contributed by atoms with Crippen LogP contribution >= 0.6 is 0 Å². The van der Waals surface area contributed by atoms with Gasteiger partial charge < -0.3 is 19.8 Å². The molecular weight excluding hydrogens is 418 g/mol. The maximum atomic E-state index is 14.6. The summed E-state index contributed by atoms with van der Waals surface area (Å²) in [7, 11) is 0. The van der Waals surface area contributed by atoms with Gasteiger partial charge in [0.2, 0.25) is 11.8 Å². The number of fused-ring (bicyclic) bond motifs is 3. The normalized spacial score (nSPS) is 24.9. The summed E-state index contributed by atoms with van der Waals surface area (Å²) in [5.74, 6) is -0.0987. The first-order chi connectivity index (χ1) is 15.6. The first kappa shape index (κ1) is 21.1. The van der Waals surface area contributed by atoms with Gasteiger partial charge in [0, 0.05) is 17.2 Å². The van der Waals surface area contributed by atoms with Crippen molar-refractivity contribution in [3.8, 4) is 11.8 Å². The lowest BCUT2D eigenvalue weighted by molar-refractivity contribution is -0.121. The monoisotopic (exact) mass is 443 g/mol. The van der Waals surface area contributed by atoms with Crippen LogP contribution in [0.4, 0.5) is 5.69 Å². The SMILES string of the molecule is CCC1=C[C@@](C)(CC)N2C(=O)[C@@]3(C(C#N)=C(N)Oc4cc(C)oc(=O)c43)c3cc(C)cc1c32. The van der Waals surface area contributed by atoms with E-state index in [2.05, 4.69) is 25.1 Å². The second-order valence-corrected chi connectivity index (χ2v) is 9.17. The molecule has 1 aromatic heterocycles. The number of aryl methyl sites for hydroxylation is 2. The molecule has 2 aromatic rings. The van der Waals surface area contributed by atoms with Crippen LogP contribution in [-0.4, -0.2) is 11.4 Å². The molecule has 2 N–H and O–H groups in total. The van der Waals surface area contributed by atoms with E-state index >= 15 is 0 Å². The summed E-state index contributed by atoms with van der Waals surface area (Å²) in [6.07, 6.45) is 3.56. The van der Waals surface area contributed by atoms with Crippen LogP contribution in [0.2, 0.25) is 0 Å². The van der Waals surface area contributed by atoms with Gasteiger partial charge in [0.25, 0.3) is 0 Å². The Morgan fingerprint density at radius 2 is 1.91 bits per heavy atom. The summed E-state index contributed by atoms with van der Waals surface area (Å²) in [5, 5.41) is 10.2. The number of carbonyl (C=O) groups excluding carboxylic acids is 1. The molecule has 1 aromatic carbocycles. The van der Waals surface area contributed by atoms with E-state index in [1.54, 1.807) is 17.9 Å². The molecule has 33 heavy (non-hydrogen) atoms. The molecule has 5 rings (SSSR count). The summed E-state index contributed by atoms with van der Waals surface area (Å²) in [5.41, 5.74) is 7.33. The van der Waals surface area contributed by atoms with Crippen LogP contribution in [0.1, 0.15) is 61.6 Å². The van der Waals surface area contributed by atoms with Gasteiger partial charge in [0.1, 0.15) is 28.7 Å². The number of amides is 1. The second-order valence-electron chi connectivity index (χ2n) is 9.17. The fraction of sp³-hybridized carbons (Fsp3) is 0.346. The van der Waals surface area contributed by atoms with Gasteiger partial charge >= 0.3 is 5.63 Å². The van der Waals surface area contributed by atoms with E-state index in [0.717, 1.165) is 28.8 Å². The number of benzene rings is 1. The van der Waals surface area contributed by atoms with Crippen molar-refractivity contribution in [2.75, 3.05) is 4.90 Å². The van der Waals surface area contributed by atoms with Gasteiger partial charge in [0.05, 0.1) is 11.2 Å². The maximum absolute atomic E-state index is 14.6. The topological polar surface area (TPSA) is 110 Å². The molecule has 0 radical (unpaired) electrons. The van der Waals surface area contributed by atoms with Gasteiger partial charge in [-0.1, -0.05) is 31.6 Å². The highest BCUT2D eigenvalue weighted by molar-refractivity contribution is 6.18. The summed E-state index contributed by atoms with van der Waals surface area (Å²) < 4.78 is 11.1. The molecule has 0 unspecified atom stereocenters. The van der Waals surface area contributed by atoms with Gasteiger partial charge in [-0.25, -0.2) is 4.79 Å². The van der Waals surface area contributed by atoms with Crippen LogP contribution in [0.3, 0.4) is 0 Å². The van der Waals surface area contributed by atoms with E-state index < -0.39 is 16.6 Å². The Kier molecular flexibility index (Phi) is 4.22. The molecule has 3 aliphatic rings. The number of allylic oxidation sites excluding steroid dienone is 1. The van der Waals surface area contributed by atoms with E-state index in [1.165, 1.54) is 0 Å². The van der Waals surface area contributed by atoms with E-state index in [4.69, 9.17) is 14.9 Å². The summed E-state index contributed by atoms with van der Waals surface area (Å²) in [6.45, 7) is 9.67. The zero-order chi connectivity index (χ0) is 23.9. The Bertz CT molecular complexity index is 1420. The molecule has 2 atom stereocenters. The van der Waals surface area contributed by atoms with Crippen LogP contribution < -0.4 is 21.0 Å². The van der Waals surface area contributed by atoms with Crippen LogP contribution in [-0.2, 0) is 10.2 Å². The average molecular weight is 444 g/mol. The molecule has 4 heterocycles. The van der Waals surface area contributed by atoms with Gasteiger partial charge in [0.15, 0.2) is 5.41 Å². The van der Waals surface area contributed by atoms with Crippen LogP contribution in [0.5, 0.6) is 5.75 Å². The minimum Gasteiger partial charge on any atom is -0.440 e. The third-order valence-electron chi connectivity index (χ3n) is 7.21. The van der Waals surface area contributed by atoms with Crippen molar-refractivity contribution in [1.82, 2.24) is 0 Å². The molecule has 7 nitrogen and oxygen atoms in total. The number of nitriles is 1. The summed E-state index contributed by atoms with van der Waals surface area (Å²) >= 11 is 0. The molecule has 0 fully saturated rings. The van der Waals surface area contributed by atoms with Crippen molar-refractivity contribution in [3.05, 3.63) is 74.2 Å². The predicted octanol–water partition coefficient (Wildman–Crippen LogP) is 3.95. The molecule has 1 amide bonds. The average Bonchev–Trinajstić information content (AvgIpc) is 3.00. The van der Waals surface area contributed by atoms with Crippen molar-refractivity contribution in [2.24, 2.45) is 5.73 Å². The van der Waals surface area contributed by atoms with Crippen LogP contribution in [0.25, 0.3) is 5.57 Å². The van der Waals surface area contributed by atoms with Crippen molar-refractivity contribution in [1.29, 1.82) is 5.26 Å². The van der Waals surface area contributed by atoms with Gasteiger partial charge in [-0.3, -0.25) is 4.79 Å². The number of carbonyl (C=O) groups is 1. The van der Waals surface area contributed by atoms with Crippen molar-refractivity contribution in [3.63, 3.8) is 0 Å². The number of ether oxygens (including phenoxy) is 1. The molecule has 3 aliphatic heterocycles. The number of anilines is 1. The molecule has 168 valence electrons. The van der Waals surface area contributed by atoms with E-state index in [0.29, 0.717) is 17.7 Å². The highest BCUT2D eigenvalue weighted by Crippen LogP contribution is 2.59. The third kappa shape index (κ3) is 2.38. The first-order valence-electron chi connectivity index (χ1n) is 11.1. The largest absolute Gasteiger partial charge is 0.440 e. The Morgan fingerprint density at radius 1 is 1.18 bits per heavy atom. The Labute approximate surface area is 191 Å². The van der Waals surface area contributed by atoms with Crippen LogP contribution in [0, 0.1) is 25.2 Å². The first-order valence-corrected chi connectivity index (χ1v) is 11.1. The fourth-order valence-electron chi connectivity index (χ4n) is 5.60. The molecule has 0 bridgehead atoms. The number of nitrogens with zero attached hydrogens (tertiary/aromatic N) is 2. The fourth-order valence-corrected chi connectivity index (χ4v) is 5.60. The second kappa shape index (κ2) is 6.61. The standard InChI is InChI=1S/C26H25N3O4/c1-6-15-11-25(5,7-2)29-21-16(15)8-13(3)9-17(21)26(24(29)31)18(12-27)22(28)33-19-10-14(4)32-23(30)20(19)26/h8-11H,6-7,28H2,1-5H3/t25-,26-/m1/s1. The Morgan fingerprint density at radius 3 is 2.55 bits per heavy atom. The molecule has 7 heteroatoms. The number of nitrogens with two attached hydrogens (primary N) is 1. The Hall–Kier alpha value is -3.79. The molecule has 1 spiro atoms. The van der Waals surface area contributed by atoms with Gasteiger partial charge in [-0.15, -0.1) is 0 Å². The lowest BCUT2D eigenvalue weighted by Crippen LogP contribution is -2.55. The lowest BCUT2D eigenvalue weighted by Gasteiger charge is -2.42. The molecule has 0 saturated heterocycles. The van der Waals surface area contributed by atoms with E-state index in [9.17, 15) is 14.9 Å². The maximum Gasteiger partial charge on any atom is 0.344 e. The van der Waals surface area contributed by atoms with Crippen LogP contribution in [0.15, 0.2) is 44.9 Å². The van der Waals surface area contributed by atoms with E-state index in [1.807, 2.05) is 26.8 Å². The number of hydrogen-bond acceptors (Lipinski definition) is 6.